The first-order valence-electron chi connectivity index (χ1n) is 8.15. The molecule has 0 saturated carbocycles. The average molecular weight is 354 g/mol. The van der Waals surface area contributed by atoms with Gasteiger partial charge in [0, 0.05) is 0 Å². The summed E-state index contributed by atoms with van der Waals surface area (Å²) >= 11 is 0. The average Bonchev–Trinajstić information content (AvgIpc) is 2.59. The summed E-state index contributed by atoms with van der Waals surface area (Å²) in [4.78, 5) is 0. The van der Waals surface area contributed by atoms with Crippen LogP contribution in [-0.4, -0.2) is 19.8 Å². The fourth-order valence-corrected chi connectivity index (χ4v) is 2.15. The van der Waals surface area contributed by atoms with Crippen molar-refractivity contribution in [1.82, 2.24) is 0 Å². The number of benzene rings is 2. The minimum Gasteiger partial charge on any atom is -0.494 e. The van der Waals surface area contributed by atoms with Crippen molar-refractivity contribution in [2.24, 2.45) is 0 Å². The van der Waals surface area contributed by atoms with Gasteiger partial charge in [0.05, 0.1) is 25.4 Å². The summed E-state index contributed by atoms with van der Waals surface area (Å²) in [5.41, 5.74) is -0.705. The van der Waals surface area contributed by atoms with Crippen molar-refractivity contribution in [3.05, 3.63) is 54.1 Å². The van der Waals surface area contributed by atoms with E-state index in [-0.39, 0.29) is 5.75 Å². The SMILES string of the molecule is CCOc1ccc(OCCCCOc2cccc(C(F)(F)F)c2)cc1. The van der Waals surface area contributed by atoms with Gasteiger partial charge in [-0.25, -0.2) is 0 Å². The summed E-state index contributed by atoms with van der Waals surface area (Å²) in [5.74, 6) is 1.77. The highest BCUT2D eigenvalue weighted by molar-refractivity contribution is 5.31. The van der Waals surface area contributed by atoms with Crippen LogP contribution in [0.25, 0.3) is 0 Å². The number of hydrogen-bond acceptors (Lipinski definition) is 3. The molecule has 0 bridgehead atoms. The lowest BCUT2D eigenvalue weighted by atomic mass is 10.2. The molecule has 0 heterocycles. The van der Waals surface area contributed by atoms with Gasteiger partial charge in [0.15, 0.2) is 0 Å². The van der Waals surface area contributed by atoms with E-state index >= 15 is 0 Å². The third-order valence-corrected chi connectivity index (χ3v) is 3.37. The Morgan fingerprint density at radius 2 is 1.32 bits per heavy atom. The molecule has 0 aliphatic rings. The highest BCUT2D eigenvalue weighted by Crippen LogP contribution is 2.31. The van der Waals surface area contributed by atoms with Gasteiger partial charge in [-0.1, -0.05) is 6.07 Å². The lowest BCUT2D eigenvalue weighted by Crippen LogP contribution is -2.06. The van der Waals surface area contributed by atoms with Gasteiger partial charge < -0.3 is 14.2 Å². The zero-order valence-electron chi connectivity index (χ0n) is 14.0. The smallest absolute Gasteiger partial charge is 0.416 e. The molecular weight excluding hydrogens is 333 g/mol. The zero-order valence-corrected chi connectivity index (χ0v) is 14.0. The number of unbranched alkanes of at least 4 members (excludes halogenated alkanes) is 1. The van der Waals surface area contributed by atoms with Crippen LogP contribution < -0.4 is 14.2 Å². The van der Waals surface area contributed by atoms with Crippen LogP contribution in [0.3, 0.4) is 0 Å². The van der Waals surface area contributed by atoms with Gasteiger partial charge in [-0.3, -0.25) is 0 Å². The molecule has 0 fully saturated rings. The molecule has 0 atom stereocenters. The summed E-state index contributed by atoms with van der Waals surface area (Å²) in [5, 5.41) is 0. The molecule has 2 rings (SSSR count). The fraction of sp³-hybridized carbons (Fsp3) is 0.368. The first-order chi connectivity index (χ1) is 12.0. The fourth-order valence-electron chi connectivity index (χ4n) is 2.15. The van der Waals surface area contributed by atoms with Gasteiger partial charge in [0.2, 0.25) is 0 Å². The highest BCUT2D eigenvalue weighted by atomic mass is 19.4. The van der Waals surface area contributed by atoms with Gasteiger partial charge in [-0.15, -0.1) is 0 Å². The molecule has 0 aliphatic heterocycles. The number of alkyl halides is 3. The molecule has 3 nitrogen and oxygen atoms in total. The van der Waals surface area contributed by atoms with Crippen LogP contribution >= 0.6 is 0 Å². The van der Waals surface area contributed by atoms with Crippen LogP contribution in [0.1, 0.15) is 25.3 Å². The Bertz CT molecular complexity index is 639. The molecule has 0 saturated heterocycles. The minimum absolute atomic E-state index is 0.224. The Balaban J connectivity index is 1.65. The molecule has 136 valence electrons. The molecule has 0 amide bonds. The van der Waals surface area contributed by atoms with Crippen molar-refractivity contribution in [1.29, 1.82) is 0 Å². The molecule has 6 heteroatoms. The van der Waals surface area contributed by atoms with Gasteiger partial charge in [-0.2, -0.15) is 13.2 Å². The lowest BCUT2D eigenvalue weighted by Gasteiger charge is -2.10. The van der Waals surface area contributed by atoms with E-state index in [1.807, 2.05) is 31.2 Å². The third-order valence-electron chi connectivity index (χ3n) is 3.37. The van der Waals surface area contributed by atoms with Crippen molar-refractivity contribution >= 4 is 0 Å². The molecular formula is C19H21F3O3. The summed E-state index contributed by atoms with van der Waals surface area (Å²) in [7, 11) is 0. The van der Waals surface area contributed by atoms with Gasteiger partial charge >= 0.3 is 6.18 Å². The van der Waals surface area contributed by atoms with Crippen molar-refractivity contribution in [3.63, 3.8) is 0 Å². The Morgan fingerprint density at radius 1 is 0.760 bits per heavy atom. The van der Waals surface area contributed by atoms with Crippen molar-refractivity contribution in [3.8, 4) is 17.2 Å². The van der Waals surface area contributed by atoms with Gasteiger partial charge in [0.1, 0.15) is 17.2 Å². The van der Waals surface area contributed by atoms with Crippen molar-refractivity contribution in [2.75, 3.05) is 19.8 Å². The molecule has 0 aromatic heterocycles. The Morgan fingerprint density at radius 3 is 1.88 bits per heavy atom. The van der Waals surface area contributed by atoms with E-state index in [1.165, 1.54) is 12.1 Å². The first-order valence-corrected chi connectivity index (χ1v) is 8.15. The lowest BCUT2D eigenvalue weighted by molar-refractivity contribution is -0.137. The molecule has 0 unspecified atom stereocenters. The molecule has 0 radical (unpaired) electrons. The number of rotatable bonds is 9. The molecule has 2 aromatic rings. The minimum atomic E-state index is -4.36. The highest BCUT2D eigenvalue weighted by Gasteiger charge is 2.30. The molecule has 0 aliphatic carbocycles. The maximum atomic E-state index is 12.6. The summed E-state index contributed by atoms with van der Waals surface area (Å²) in [6, 6.07) is 12.3. The third kappa shape index (κ3) is 6.57. The molecule has 0 N–H and O–H groups in total. The van der Waals surface area contributed by atoms with Crippen LogP contribution in [0.5, 0.6) is 17.2 Å². The quantitative estimate of drug-likeness (QED) is 0.569. The predicted molar refractivity (Wildman–Crippen MR) is 89.3 cm³/mol. The van der Waals surface area contributed by atoms with Crippen LogP contribution in [0.4, 0.5) is 13.2 Å². The molecule has 0 spiro atoms. The largest absolute Gasteiger partial charge is 0.494 e. The molecule has 2 aromatic carbocycles. The van der Waals surface area contributed by atoms with Gasteiger partial charge in [0.25, 0.3) is 0 Å². The second-order valence-corrected chi connectivity index (χ2v) is 5.33. The number of ether oxygens (including phenoxy) is 3. The standard InChI is InChI=1S/C19H21F3O3/c1-2-23-16-8-10-17(11-9-16)24-12-3-4-13-25-18-7-5-6-15(14-18)19(20,21)22/h5-11,14H,2-4,12-13H2,1H3. The first kappa shape index (κ1) is 19.0. The van der Waals surface area contributed by atoms with Crippen molar-refractivity contribution in [2.45, 2.75) is 25.9 Å². The van der Waals surface area contributed by atoms with Crippen LogP contribution in [0.15, 0.2) is 48.5 Å². The predicted octanol–water partition coefficient (Wildman–Crippen LogP) is 5.34. The number of halogens is 3. The Kier molecular flexibility index (Phi) is 6.98. The van der Waals surface area contributed by atoms with Crippen molar-refractivity contribution < 1.29 is 27.4 Å². The van der Waals surface area contributed by atoms with Crippen LogP contribution in [-0.2, 0) is 6.18 Å². The summed E-state index contributed by atoms with van der Waals surface area (Å²) in [6.45, 7) is 3.39. The Hall–Kier alpha value is -2.37. The summed E-state index contributed by atoms with van der Waals surface area (Å²) in [6.07, 6.45) is -2.93. The van der Waals surface area contributed by atoms with E-state index in [0.29, 0.717) is 26.2 Å². The topological polar surface area (TPSA) is 27.7 Å². The van der Waals surface area contributed by atoms with E-state index < -0.39 is 11.7 Å². The molecule has 25 heavy (non-hydrogen) atoms. The van der Waals surface area contributed by atoms with E-state index in [1.54, 1.807) is 0 Å². The Labute approximate surface area is 145 Å². The van der Waals surface area contributed by atoms with E-state index in [9.17, 15) is 13.2 Å². The van der Waals surface area contributed by atoms with E-state index in [0.717, 1.165) is 30.1 Å². The zero-order chi connectivity index (χ0) is 18.1. The number of hydrogen-bond donors (Lipinski definition) is 0. The van der Waals surface area contributed by atoms with E-state index in [4.69, 9.17) is 14.2 Å². The normalized spacial score (nSPS) is 11.2. The van der Waals surface area contributed by atoms with Crippen LogP contribution in [0, 0.1) is 0 Å². The maximum absolute atomic E-state index is 12.6. The maximum Gasteiger partial charge on any atom is 0.416 e. The van der Waals surface area contributed by atoms with E-state index in [2.05, 4.69) is 0 Å². The second-order valence-electron chi connectivity index (χ2n) is 5.33. The van der Waals surface area contributed by atoms with Gasteiger partial charge in [-0.05, 0) is 62.2 Å². The van der Waals surface area contributed by atoms with Crippen LogP contribution in [0.2, 0.25) is 0 Å². The monoisotopic (exact) mass is 354 g/mol. The second kappa shape index (κ2) is 9.20. The summed E-state index contributed by atoms with van der Waals surface area (Å²) < 4.78 is 54.1.